The van der Waals surface area contributed by atoms with Crippen LogP contribution in [0.15, 0.2) is 0 Å². The van der Waals surface area contributed by atoms with E-state index in [1.807, 2.05) is 14.1 Å². The first-order valence-corrected chi connectivity index (χ1v) is 7.92. The van der Waals surface area contributed by atoms with E-state index in [2.05, 4.69) is 17.1 Å². The minimum Gasteiger partial charge on any atom is -0.378 e. The fourth-order valence-corrected chi connectivity index (χ4v) is 3.37. The summed E-state index contributed by atoms with van der Waals surface area (Å²) in [4.78, 5) is 16.5. The van der Waals surface area contributed by atoms with Crippen LogP contribution in [0, 0.1) is 0 Å². The first-order valence-electron chi connectivity index (χ1n) is 7.92. The standard InChI is InChI=1S/C15H29N3O2/c1-4-5-13-10-12(6-9-20-13)18-8-7-16-11-14(18)15(19)17(2)3/h12-14,16H,4-11H2,1-3H3. The van der Waals surface area contributed by atoms with Gasteiger partial charge >= 0.3 is 0 Å². The van der Waals surface area contributed by atoms with Crippen molar-refractivity contribution in [1.29, 1.82) is 0 Å². The Morgan fingerprint density at radius 1 is 1.45 bits per heavy atom. The molecule has 0 bridgehead atoms. The van der Waals surface area contributed by atoms with Crippen LogP contribution in [0.2, 0.25) is 0 Å². The van der Waals surface area contributed by atoms with Gasteiger partial charge in [0.15, 0.2) is 0 Å². The number of nitrogens with zero attached hydrogens (tertiary/aromatic N) is 2. The van der Waals surface area contributed by atoms with Gasteiger partial charge in [-0.25, -0.2) is 0 Å². The topological polar surface area (TPSA) is 44.8 Å². The third-order valence-electron chi connectivity index (χ3n) is 4.43. The van der Waals surface area contributed by atoms with Crippen molar-refractivity contribution in [3.05, 3.63) is 0 Å². The Hall–Kier alpha value is -0.650. The highest BCUT2D eigenvalue weighted by atomic mass is 16.5. The van der Waals surface area contributed by atoms with Crippen LogP contribution in [-0.2, 0) is 9.53 Å². The molecule has 2 fully saturated rings. The number of carbonyl (C=O) groups excluding carboxylic acids is 1. The van der Waals surface area contributed by atoms with Crippen molar-refractivity contribution in [2.75, 3.05) is 40.3 Å². The lowest BCUT2D eigenvalue weighted by atomic mass is 9.96. The number of ether oxygens (including phenoxy) is 1. The lowest BCUT2D eigenvalue weighted by Crippen LogP contribution is -2.61. The number of carbonyl (C=O) groups is 1. The average molecular weight is 283 g/mol. The molecule has 0 aromatic heterocycles. The van der Waals surface area contributed by atoms with Gasteiger partial charge in [0.1, 0.15) is 6.04 Å². The Labute approximate surface area is 122 Å². The Morgan fingerprint density at radius 2 is 2.25 bits per heavy atom. The maximum atomic E-state index is 12.4. The van der Waals surface area contributed by atoms with Gasteiger partial charge in [0, 0.05) is 46.4 Å². The van der Waals surface area contributed by atoms with Crippen molar-refractivity contribution < 1.29 is 9.53 Å². The van der Waals surface area contributed by atoms with Crippen LogP contribution in [0.25, 0.3) is 0 Å². The van der Waals surface area contributed by atoms with Crippen molar-refractivity contribution in [1.82, 2.24) is 15.1 Å². The summed E-state index contributed by atoms with van der Waals surface area (Å²) in [5.41, 5.74) is 0. The maximum absolute atomic E-state index is 12.4. The molecule has 2 aliphatic rings. The molecule has 5 nitrogen and oxygen atoms in total. The summed E-state index contributed by atoms with van der Waals surface area (Å²) >= 11 is 0. The van der Waals surface area contributed by atoms with Crippen LogP contribution in [-0.4, -0.2) is 74.2 Å². The molecule has 0 aromatic carbocycles. The Morgan fingerprint density at radius 3 is 2.95 bits per heavy atom. The molecule has 1 N–H and O–H groups in total. The number of hydrogen-bond donors (Lipinski definition) is 1. The number of amides is 1. The molecule has 3 unspecified atom stereocenters. The minimum atomic E-state index is -0.0101. The fraction of sp³-hybridized carbons (Fsp3) is 0.933. The number of piperazine rings is 1. The molecular formula is C15H29N3O2. The molecule has 20 heavy (non-hydrogen) atoms. The van der Waals surface area contributed by atoms with Crippen molar-refractivity contribution >= 4 is 5.91 Å². The highest BCUT2D eigenvalue weighted by Gasteiger charge is 2.36. The number of rotatable bonds is 4. The van der Waals surface area contributed by atoms with E-state index in [1.54, 1.807) is 4.90 Å². The minimum absolute atomic E-state index is 0.0101. The van der Waals surface area contributed by atoms with Crippen molar-refractivity contribution in [2.45, 2.75) is 50.8 Å². The maximum Gasteiger partial charge on any atom is 0.240 e. The second-order valence-corrected chi connectivity index (χ2v) is 6.15. The van der Waals surface area contributed by atoms with Gasteiger partial charge in [-0.2, -0.15) is 0 Å². The molecule has 0 saturated carbocycles. The highest BCUT2D eigenvalue weighted by molar-refractivity contribution is 5.81. The second-order valence-electron chi connectivity index (χ2n) is 6.15. The van der Waals surface area contributed by atoms with E-state index < -0.39 is 0 Å². The molecule has 2 heterocycles. The van der Waals surface area contributed by atoms with E-state index >= 15 is 0 Å². The number of nitrogens with one attached hydrogen (secondary N) is 1. The fourth-order valence-electron chi connectivity index (χ4n) is 3.37. The van der Waals surface area contributed by atoms with Crippen LogP contribution in [0.5, 0.6) is 0 Å². The lowest BCUT2D eigenvalue weighted by molar-refractivity contribution is -0.138. The largest absolute Gasteiger partial charge is 0.378 e. The summed E-state index contributed by atoms with van der Waals surface area (Å²) in [5, 5.41) is 3.36. The van der Waals surface area contributed by atoms with E-state index in [0.717, 1.165) is 45.5 Å². The molecule has 2 aliphatic heterocycles. The first kappa shape index (κ1) is 15.7. The zero-order chi connectivity index (χ0) is 14.5. The molecule has 0 radical (unpaired) electrons. The molecule has 0 spiro atoms. The predicted molar refractivity (Wildman–Crippen MR) is 79.7 cm³/mol. The van der Waals surface area contributed by atoms with Gasteiger partial charge in [-0.15, -0.1) is 0 Å². The van der Waals surface area contributed by atoms with E-state index in [0.29, 0.717) is 12.1 Å². The molecule has 116 valence electrons. The van der Waals surface area contributed by atoms with Crippen LogP contribution >= 0.6 is 0 Å². The van der Waals surface area contributed by atoms with Crippen molar-refractivity contribution in [3.8, 4) is 0 Å². The molecule has 1 amide bonds. The van der Waals surface area contributed by atoms with Gasteiger partial charge in [-0.1, -0.05) is 13.3 Å². The second kappa shape index (κ2) is 7.38. The highest BCUT2D eigenvalue weighted by Crippen LogP contribution is 2.24. The third kappa shape index (κ3) is 3.71. The van der Waals surface area contributed by atoms with Crippen LogP contribution in [0.4, 0.5) is 0 Å². The zero-order valence-electron chi connectivity index (χ0n) is 13.1. The van der Waals surface area contributed by atoms with Gasteiger partial charge in [0.25, 0.3) is 0 Å². The predicted octanol–water partition coefficient (Wildman–Crippen LogP) is 0.696. The molecule has 0 aliphatic carbocycles. The van der Waals surface area contributed by atoms with Crippen molar-refractivity contribution in [3.63, 3.8) is 0 Å². The van der Waals surface area contributed by atoms with Gasteiger partial charge < -0.3 is 15.0 Å². The van der Waals surface area contributed by atoms with Gasteiger partial charge in [-0.05, 0) is 19.3 Å². The van der Waals surface area contributed by atoms with E-state index in [-0.39, 0.29) is 11.9 Å². The zero-order valence-corrected chi connectivity index (χ0v) is 13.1. The molecule has 2 saturated heterocycles. The molecule has 5 heteroatoms. The lowest BCUT2D eigenvalue weighted by Gasteiger charge is -2.44. The monoisotopic (exact) mass is 283 g/mol. The summed E-state index contributed by atoms with van der Waals surface area (Å²) < 4.78 is 5.84. The van der Waals surface area contributed by atoms with Gasteiger partial charge in [0.2, 0.25) is 5.91 Å². The van der Waals surface area contributed by atoms with Crippen LogP contribution in [0.1, 0.15) is 32.6 Å². The first-order chi connectivity index (χ1) is 9.63. The SMILES string of the molecule is CCCC1CC(N2CCNCC2C(=O)N(C)C)CCO1. The van der Waals surface area contributed by atoms with Gasteiger partial charge in [-0.3, -0.25) is 9.69 Å². The third-order valence-corrected chi connectivity index (χ3v) is 4.43. The Balaban J connectivity index is 2.01. The number of likely N-dealkylation sites (N-methyl/N-ethyl adjacent to an activating group) is 1. The quantitative estimate of drug-likeness (QED) is 0.825. The summed E-state index contributed by atoms with van der Waals surface area (Å²) in [6.07, 6.45) is 4.81. The molecule has 2 rings (SSSR count). The summed E-state index contributed by atoms with van der Waals surface area (Å²) in [6.45, 7) is 5.76. The summed E-state index contributed by atoms with van der Waals surface area (Å²) in [6, 6.07) is 0.487. The molecular weight excluding hydrogens is 254 g/mol. The van der Waals surface area contributed by atoms with Crippen LogP contribution in [0.3, 0.4) is 0 Å². The van der Waals surface area contributed by atoms with Gasteiger partial charge in [0.05, 0.1) is 6.10 Å². The Kier molecular flexibility index (Phi) is 5.81. The average Bonchev–Trinajstić information content (AvgIpc) is 2.47. The Bertz CT molecular complexity index is 320. The van der Waals surface area contributed by atoms with E-state index in [4.69, 9.17) is 4.74 Å². The molecule has 3 atom stereocenters. The smallest absolute Gasteiger partial charge is 0.240 e. The van der Waals surface area contributed by atoms with E-state index in [1.165, 1.54) is 6.42 Å². The number of hydrogen-bond acceptors (Lipinski definition) is 4. The summed E-state index contributed by atoms with van der Waals surface area (Å²) in [5.74, 6) is 0.218. The summed E-state index contributed by atoms with van der Waals surface area (Å²) in [7, 11) is 3.69. The molecule has 0 aromatic rings. The normalized spacial score (nSPS) is 32.0. The van der Waals surface area contributed by atoms with Crippen molar-refractivity contribution in [2.24, 2.45) is 0 Å². The van der Waals surface area contributed by atoms with E-state index in [9.17, 15) is 4.79 Å². The van der Waals surface area contributed by atoms with Crippen LogP contribution < -0.4 is 5.32 Å².